The molecule has 3 N–H and O–H groups in total. The highest BCUT2D eigenvalue weighted by Crippen LogP contribution is 1.94. The van der Waals surface area contributed by atoms with Gasteiger partial charge in [-0.05, 0) is 6.42 Å². The Bertz CT molecular complexity index is 86.1. The van der Waals surface area contributed by atoms with Crippen molar-refractivity contribution in [1.82, 2.24) is 0 Å². The Hall–Kier alpha value is 0.0700. The third-order valence-corrected chi connectivity index (χ3v) is 1.59. The third-order valence-electron chi connectivity index (χ3n) is 0.832. The van der Waals surface area contributed by atoms with Gasteiger partial charge in [-0.3, -0.25) is 0 Å². The summed E-state index contributed by atoms with van der Waals surface area (Å²) in [6.07, 6.45) is 1.47. The van der Waals surface area contributed by atoms with E-state index in [4.69, 9.17) is 10.3 Å². The summed E-state index contributed by atoms with van der Waals surface area (Å²) in [7, 11) is 0. The fraction of sp³-hybridized carbons (Fsp3) is 1.00. The summed E-state index contributed by atoms with van der Waals surface area (Å²) in [4.78, 5) is 0. The highest BCUT2D eigenvalue weighted by molar-refractivity contribution is 7.79. The van der Waals surface area contributed by atoms with E-state index in [9.17, 15) is 4.21 Å². The van der Waals surface area contributed by atoms with Crippen molar-refractivity contribution in [2.75, 3.05) is 0 Å². The van der Waals surface area contributed by atoms with E-state index in [0.29, 0.717) is 6.42 Å². The minimum atomic E-state index is -1.83. The van der Waals surface area contributed by atoms with Crippen molar-refractivity contribution in [3.8, 4) is 0 Å². The van der Waals surface area contributed by atoms with Gasteiger partial charge < -0.3 is 10.3 Å². The smallest absolute Gasteiger partial charge is 0.170 e. The van der Waals surface area contributed by atoms with Crippen molar-refractivity contribution < 1.29 is 8.76 Å². The second kappa shape index (κ2) is 4.00. The molecule has 0 aromatic heterocycles. The minimum Gasteiger partial charge on any atom is -0.315 e. The summed E-state index contributed by atoms with van der Waals surface area (Å²) >= 11 is -1.83. The third kappa shape index (κ3) is 3.12. The largest absolute Gasteiger partial charge is 0.315 e. The normalized spacial score (nSPS) is 17.9. The van der Waals surface area contributed by atoms with Gasteiger partial charge in [0, 0.05) is 0 Å². The second-order valence-electron chi connectivity index (χ2n) is 1.60. The molecule has 3 nitrogen and oxygen atoms in total. The molecule has 0 heterocycles. The van der Waals surface area contributed by atoms with E-state index in [1.807, 2.05) is 6.92 Å². The van der Waals surface area contributed by atoms with Crippen molar-refractivity contribution in [1.29, 1.82) is 0 Å². The van der Waals surface area contributed by atoms with Gasteiger partial charge in [-0.2, -0.15) is 0 Å². The number of nitrogens with two attached hydrogens (primary N) is 1. The van der Waals surface area contributed by atoms with Gasteiger partial charge in [-0.25, -0.2) is 4.21 Å². The molecule has 0 aliphatic carbocycles. The molecule has 0 bridgehead atoms. The summed E-state index contributed by atoms with van der Waals surface area (Å²) in [6.45, 7) is 1.92. The first-order valence-corrected chi connectivity index (χ1v) is 3.70. The lowest BCUT2D eigenvalue weighted by molar-refractivity contribution is 0.540. The molecule has 4 heteroatoms. The number of hydrogen-bond acceptors (Lipinski definition) is 2. The molecule has 0 radical (unpaired) electrons. The Morgan fingerprint density at radius 2 is 2.38 bits per heavy atom. The Morgan fingerprint density at radius 1 is 1.88 bits per heavy atom. The molecule has 0 aliphatic heterocycles. The van der Waals surface area contributed by atoms with Crippen molar-refractivity contribution >= 4 is 11.1 Å². The Labute approximate surface area is 51.6 Å². The zero-order valence-corrected chi connectivity index (χ0v) is 5.65. The van der Waals surface area contributed by atoms with E-state index in [0.717, 1.165) is 6.42 Å². The lowest BCUT2D eigenvalue weighted by Gasteiger charge is -2.01. The van der Waals surface area contributed by atoms with Crippen LogP contribution in [-0.4, -0.2) is 14.1 Å². The van der Waals surface area contributed by atoms with Crippen LogP contribution in [0.1, 0.15) is 19.8 Å². The van der Waals surface area contributed by atoms with Crippen LogP contribution >= 0.6 is 0 Å². The number of hydrogen-bond donors (Lipinski definition) is 2. The first-order chi connectivity index (χ1) is 3.68. The topological polar surface area (TPSA) is 63.3 Å². The van der Waals surface area contributed by atoms with Crippen LogP contribution in [0.25, 0.3) is 0 Å². The van der Waals surface area contributed by atoms with E-state index < -0.39 is 16.5 Å². The van der Waals surface area contributed by atoms with Gasteiger partial charge in [0.1, 0.15) is 5.37 Å². The van der Waals surface area contributed by atoms with Gasteiger partial charge in [-0.1, -0.05) is 13.3 Å². The van der Waals surface area contributed by atoms with Gasteiger partial charge in [0.05, 0.1) is 0 Å². The standard InChI is InChI=1S/C4H11NO2S/c1-2-3-4(5)8(6)7/h4H,2-3,5H2,1H3,(H,6,7). The first-order valence-electron chi connectivity index (χ1n) is 2.53. The van der Waals surface area contributed by atoms with Crippen LogP contribution in [0, 0.1) is 0 Å². The van der Waals surface area contributed by atoms with Crippen molar-refractivity contribution in [3.05, 3.63) is 0 Å². The molecule has 0 amide bonds. The Morgan fingerprint density at radius 3 is 2.50 bits per heavy atom. The maximum Gasteiger partial charge on any atom is 0.170 e. The van der Waals surface area contributed by atoms with Crippen LogP contribution in [0.5, 0.6) is 0 Å². The predicted molar refractivity (Wildman–Crippen MR) is 33.7 cm³/mol. The molecular formula is C4H11NO2S. The van der Waals surface area contributed by atoms with Crippen molar-refractivity contribution in [2.45, 2.75) is 25.1 Å². The fourth-order valence-electron chi connectivity index (χ4n) is 0.385. The van der Waals surface area contributed by atoms with E-state index in [2.05, 4.69) is 0 Å². The predicted octanol–water partition coefficient (Wildman–Crippen LogP) is 0.293. The van der Waals surface area contributed by atoms with E-state index in [-0.39, 0.29) is 0 Å². The molecule has 8 heavy (non-hydrogen) atoms. The van der Waals surface area contributed by atoms with E-state index in [1.54, 1.807) is 0 Å². The van der Waals surface area contributed by atoms with Gasteiger partial charge in [0.15, 0.2) is 11.1 Å². The molecule has 0 fully saturated rings. The summed E-state index contributed by atoms with van der Waals surface area (Å²) in [5, 5.41) is -0.556. The average Bonchev–Trinajstić information content (AvgIpc) is 1.67. The molecule has 2 atom stereocenters. The lowest BCUT2D eigenvalue weighted by Crippen LogP contribution is -2.24. The summed E-state index contributed by atoms with van der Waals surface area (Å²) in [5.41, 5.74) is 5.18. The van der Waals surface area contributed by atoms with Gasteiger partial charge in [0.25, 0.3) is 0 Å². The highest BCUT2D eigenvalue weighted by atomic mass is 32.2. The monoisotopic (exact) mass is 137 g/mol. The summed E-state index contributed by atoms with van der Waals surface area (Å²) < 4.78 is 18.4. The van der Waals surface area contributed by atoms with Gasteiger partial charge in [-0.15, -0.1) is 0 Å². The number of rotatable bonds is 3. The molecule has 0 rings (SSSR count). The molecule has 2 unspecified atom stereocenters. The Kier molecular flexibility index (Phi) is 4.03. The van der Waals surface area contributed by atoms with Crippen LogP contribution in [-0.2, 0) is 11.1 Å². The van der Waals surface area contributed by atoms with Gasteiger partial charge in [0.2, 0.25) is 0 Å². The van der Waals surface area contributed by atoms with Crippen LogP contribution < -0.4 is 5.73 Å². The van der Waals surface area contributed by atoms with Crippen molar-refractivity contribution in [3.63, 3.8) is 0 Å². The lowest BCUT2D eigenvalue weighted by atomic mass is 10.3. The molecule has 0 saturated carbocycles. The molecule has 50 valence electrons. The first kappa shape index (κ1) is 8.07. The molecule has 0 aromatic rings. The maximum absolute atomic E-state index is 10.1. The van der Waals surface area contributed by atoms with Crippen molar-refractivity contribution in [2.24, 2.45) is 5.73 Å². The summed E-state index contributed by atoms with van der Waals surface area (Å²) in [5.74, 6) is 0. The zero-order valence-electron chi connectivity index (χ0n) is 4.83. The molecule has 0 saturated heterocycles. The zero-order chi connectivity index (χ0) is 6.57. The second-order valence-corrected chi connectivity index (χ2v) is 2.76. The molecule has 0 spiro atoms. The van der Waals surface area contributed by atoms with Crippen LogP contribution in [0.15, 0.2) is 0 Å². The summed E-state index contributed by atoms with van der Waals surface area (Å²) in [6, 6.07) is 0. The molecular weight excluding hydrogens is 126 g/mol. The molecule has 0 aromatic carbocycles. The Balaban J connectivity index is 3.32. The van der Waals surface area contributed by atoms with Gasteiger partial charge >= 0.3 is 0 Å². The van der Waals surface area contributed by atoms with E-state index in [1.165, 1.54) is 0 Å². The SMILES string of the molecule is CCCC(N)S(=O)O. The quantitative estimate of drug-likeness (QED) is 0.550. The fourth-order valence-corrected chi connectivity index (χ4v) is 0.823. The maximum atomic E-state index is 10.1. The molecule has 0 aliphatic rings. The van der Waals surface area contributed by atoms with E-state index >= 15 is 0 Å². The van der Waals surface area contributed by atoms with Crippen LogP contribution in [0.3, 0.4) is 0 Å². The minimum absolute atomic E-state index is 0.556. The highest BCUT2D eigenvalue weighted by Gasteiger charge is 2.04. The van der Waals surface area contributed by atoms with Crippen LogP contribution in [0.2, 0.25) is 0 Å². The van der Waals surface area contributed by atoms with Crippen LogP contribution in [0.4, 0.5) is 0 Å². The average molecular weight is 137 g/mol.